The molecule has 3 rings (SSSR count). The number of hydrogen-bond acceptors (Lipinski definition) is 2. The van der Waals surface area contributed by atoms with E-state index in [0.717, 1.165) is 12.2 Å². The minimum Gasteiger partial charge on any atom is -0.353 e. The molecule has 0 aliphatic carbocycles. The summed E-state index contributed by atoms with van der Waals surface area (Å²) in [5.41, 5.74) is 2.55. The van der Waals surface area contributed by atoms with Crippen LogP contribution in [0.25, 0.3) is 12.3 Å². The van der Waals surface area contributed by atoms with Crippen molar-refractivity contribution < 1.29 is 0 Å². The van der Waals surface area contributed by atoms with E-state index in [4.69, 9.17) is 0 Å². The highest BCUT2D eigenvalue weighted by molar-refractivity contribution is 5.64. The maximum absolute atomic E-state index is 4.08. The molecule has 2 aromatic rings. The summed E-state index contributed by atoms with van der Waals surface area (Å²) in [6.45, 7) is 0. The zero-order valence-corrected chi connectivity index (χ0v) is 7.88. The van der Waals surface area contributed by atoms with Gasteiger partial charge >= 0.3 is 0 Å². The second-order valence-electron chi connectivity index (χ2n) is 3.48. The molecule has 0 unspecified atom stereocenters. The first-order valence-electron chi connectivity index (χ1n) is 4.55. The van der Waals surface area contributed by atoms with Gasteiger partial charge in [0.1, 0.15) is 12.2 Å². The minimum atomic E-state index is 0.839. The molecule has 1 aliphatic heterocycles. The minimum absolute atomic E-state index is 0.839. The van der Waals surface area contributed by atoms with Crippen LogP contribution in [0.5, 0.6) is 0 Å². The Morgan fingerprint density at radius 1 is 1.43 bits per heavy atom. The first kappa shape index (κ1) is 7.55. The predicted molar refractivity (Wildman–Crippen MR) is 53.5 cm³/mol. The van der Waals surface area contributed by atoms with Gasteiger partial charge in [-0.25, -0.2) is 0 Å². The third-order valence-electron chi connectivity index (χ3n) is 2.62. The van der Waals surface area contributed by atoms with Gasteiger partial charge in [-0.15, -0.1) is 10.2 Å². The Hall–Kier alpha value is -1.84. The van der Waals surface area contributed by atoms with Crippen molar-refractivity contribution in [1.82, 2.24) is 19.3 Å². The van der Waals surface area contributed by atoms with Crippen LogP contribution in [0.2, 0.25) is 0 Å². The van der Waals surface area contributed by atoms with Gasteiger partial charge in [0.2, 0.25) is 0 Å². The molecule has 4 nitrogen and oxygen atoms in total. The zero-order valence-electron chi connectivity index (χ0n) is 7.88. The number of aromatic nitrogens is 4. The van der Waals surface area contributed by atoms with Crippen LogP contribution < -0.4 is 0 Å². The van der Waals surface area contributed by atoms with Crippen molar-refractivity contribution in [3.05, 3.63) is 35.7 Å². The van der Waals surface area contributed by atoms with E-state index >= 15 is 0 Å². The van der Waals surface area contributed by atoms with Gasteiger partial charge < -0.3 is 4.57 Å². The molecule has 4 heteroatoms. The Balaban J connectivity index is 2.21. The van der Waals surface area contributed by atoms with Crippen molar-refractivity contribution in [1.29, 1.82) is 0 Å². The van der Waals surface area contributed by atoms with E-state index in [-0.39, 0.29) is 0 Å². The average molecular weight is 186 g/mol. The van der Waals surface area contributed by atoms with Crippen LogP contribution in [0, 0.1) is 0 Å². The Morgan fingerprint density at radius 2 is 2.36 bits per heavy atom. The number of nitrogens with zero attached hydrogens (tertiary/aromatic N) is 4. The number of hydrogen-bond donors (Lipinski definition) is 0. The molecular weight excluding hydrogens is 176 g/mol. The second-order valence-corrected chi connectivity index (χ2v) is 3.48. The van der Waals surface area contributed by atoms with Gasteiger partial charge in [-0.2, -0.15) is 0 Å². The van der Waals surface area contributed by atoms with Crippen molar-refractivity contribution in [2.45, 2.75) is 6.42 Å². The lowest BCUT2D eigenvalue weighted by atomic mass is 10.2. The topological polar surface area (TPSA) is 35.6 Å². The SMILES string of the molecule is Cn1ccc2c1Cc1nncn1C=C2. The Labute approximate surface area is 81.5 Å². The van der Waals surface area contributed by atoms with Gasteiger partial charge in [-0.05, 0) is 17.7 Å². The molecule has 0 amide bonds. The van der Waals surface area contributed by atoms with Crippen LogP contribution in [-0.2, 0) is 13.5 Å². The average Bonchev–Trinajstić information content (AvgIpc) is 2.71. The van der Waals surface area contributed by atoms with Crippen molar-refractivity contribution in [2.75, 3.05) is 0 Å². The fraction of sp³-hybridized carbons (Fsp3) is 0.200. The molecule has 0 radical (unpaired) electrons. The van der Waals surface area contributed by atoms with E-state index in [0.29, 0.717) is 0 Å². The molecule has 2 aromatic heterocycles. The van der Waals surface area contributed by atoms with Crippen LogP contribution in [0.4, 0.5) is 0 Å². The second kappa shape index (κ2) is 2.57. The number of aryl methyl sites for hydroxylation is 1. The lowest BCUT2D eigenvalue weighted by Crippen LogP contribution is -2.01. The Morgan fingerprint density at radius 3 is 3.29 bits per heavy atom. The molecule has 0 aromatic carbocycles. The monoisotopic (exact) mass is 186 g/mol. The van der Waals surface area contributed by atoms with Crippen molar-refractivity contribution in [3.63, 3.8) is 0 Å². The number of fused-ring (bicyclic) bond motifs is 2. The lowest BCUT2D eigenvalue weighted by Gasteiger charge is -2.01. The zero-order chi connectivity index (χ0) is 9.54. The first-order chi connectivity index (χ1) is 6.84. The molecule has 0 fully saturated rings. The summed E-state index contributed by atoms with van der Waals surface area (Å²) in [6.07, 6.45) is 8.74. The van der Waals surface area contributed by atoms with Gasteiger partial charge in [-0.1, -0.05) is 0 Å². The summed E-state index contributed by atoms with van der Waals surface area (Å²) < 4.78 is 4.09. The fourth-order valence-electron chi connectivity index (χ4n) is 1.79. The quantitative estimate of drug-likeness (QED) is 0.528. The van der Waals surface area contributed by atoms with Crippen molar-refractivity contribution in [2.24, 2.45) is 7.05 Å². The van der Waals surface area contributed by atoms with Gasteiger partial charge in [-0.3, -0.25) is 4.57 Å². The van der Waals surface area contributed by atoms with E-state index in [1.165, 1.54) is 11.3 Å². The van der Waals surface area contributed by atoms with Gasteiger partial charge in [0.05, 0.1) is 0 Å². The highest BCUT2D eigenvalue weighted by Crippen LogP contribution is 2.19. The smallest absolute Gasteiger partial charge is 0.142 e. The fourth-order valence-corrected chi connectivity index (χ4v) is 1.79. The summed E-state index contributed by atoms with van der Waals surface area (Å²) in [5, 5.41) is 7.97. The van der Waals surface area contributed by atoms with E-state index in [1.807, 2.05) is 10.8 Å². The third kappa shape index (κ3) is 0.937. The third-order valence-corrected chi connectivity index (χ3v) is 2.62. The van der Waals surface area contributed by atoms with Crippen LogP contribution in [0.3, 0.4) is 0 Å². The highest BCUT2D eigenvalue weighted by Gasteiger charge is 2.12. The Kier molecular flexibility index (Phi) is 1.39. The summed E-state index contributed by atoms with van der Waals surface area (Å²) in [5.74, 6) is 0.988. The summed E-state index contributed by atoms with van der Waals surface area (Å²) >= 11 is 0. The van der Waals surface area contributed by atoms with Gasteiger partial charge in [0, 0.05) is 31.6 Å². The molecule has 14 heavy (non-hydrogen) atoms. The highest BCUT2D eigenvalue weighted by atomic mass is 15.3. The summed E-state index contributed by atoms with van der Waals surface area (Å²) in [6, 6.07) is 2.12. The molecule has 0 N–H and O–H groups in total. The van der Waals surface area contributed by atoms with Crippen LogP contribution in [0.15, 0.2) is 18.6 Å². The van der Waals surface area contributed by atoms with E-state index in [2.05, 4.69) is 40.2 Å². The van der Waals surface area contributed by atoms with E-state index in [1.54, 1.807) is 6.33 Å². The molecule has 0 atom stereocenters. The van der Waals surface area contributed by atoms with Crippen LogP contribution in [0.1, 0.15) is 17.1 Å². The Bertz CT molecular complexity index is 504. The predicted octanol–water partition coefficient (Wildman–Crippen LogP) is 1.15. The molecule has 1 aliphatic rings. The summed E-state index contributed by atoms with van der Waals surface area (Å²) in [7, 11) is 2.05. The maximum Gasteiger partial charge on any atom is 0.142 e. The molecule has 0 bridgehead atoms. The summed E-state index contributed by atoms with van der Waals surface area (Å²) in [4.78, 5) is 0. The van der Waals surface area contributed by atoms with Crippen LogP contribution in [-0.4, -0.2) is 19.3 Å². The normalized spacial score (nSPS) is 13.5. The molecule has 0 saturated heterocycles. The van der Waals surface area contributed by atoms with E-state index < -0.39 is 0 Å². The molecule has 0 saturated carbocycles. The lowest BCUT2D eigenvalue weighted by molar-refractivity contribution is 0.816. The van der Waals surface area contributed by atoms with Crippen molar-refractivity contribution >= 4 is 12.3 Å². The molecule has 0 spiro atoms. The standard InChI is InChI=1S/C10H10N4/c1-13-4-2-8-3-5-14-7-11-12-10(14)6-9(8)13/h2-5,7H,6H2,1H3. The molecule has 70 valence electrons. The molecular formula is C10H10N4. The largest absolute Gasteiger partial charge is 0.353 e. The number of rotatable bonds is 0. The van der Waals surface area contributed by atoms with Crippen LogP contribution >= 0.6 is 0 Å². The van der Waals surface area contributed by atoms with Crippen molar-refractivity contribution in [3.8, 4) is 0 Å². The van der Waals surface area contributed by atoms with Gasteiger partial charge in [0.25, 0.3) is 0 Å². The maximum atomic E-state index is 4.08. The molecule has 3 heterocycles. The van der Waals surface area contributed by atoms with Gasteiger partial charge in [0.15, 0.2) is 0 Å². The van der Waals surface area contributed by atoms with E-state index in [9.17, 15) is 0 Å². The first-order valence-corrected chi connectivity index (χ1v) is 4.55.